The first-order valence-corrected chi connectivity index (χ1v) is 6.80. The Morgan fingerprint density at radius 3 is 1.88 bits per heavy atom. The molecule has 0 aromatic rings. The SMILES string of the molecule is CC1=[C-]C(C)C=C1.CC1=[C-]CC=C1.Cl.Cl.[CH2]=[Zr+2]. The molecule has 0 saturated heterocycles. The van der Waals surface area contributed by atoms with Crippen LogP contribution in [0.2, 0.25) is 0 Å². The molecule has 3 heteroatoms. The van der Waals surface area contributed by atoms with E-state index in [1.54, 1.807) is 0 Å². The second-order valence-electron chi connectivity index (χ2n) is 3.44. The van der Waals surface area contributed by atoms with Crippen LogP contribution in [0.1, 0.15) is 27.2 Å². The van der Waals surface area contributed by atoms with Crippen molar-refractivity contribution in [3.8, 4) is 0 Å². The van der Waals surface area contributed by atoms with E-state index in [0.29, 0.717) is 5.92 Å². The number of hydrogen-bond donors (Lipinski definition) is 0. The summed E-state index contributed by atoms with van der Waals surface area (Å²) in [6.45, 7) is 6.26. The topological polar surface area (TPSA) is 0 Å². The molecule has 0 aliphatic heterocycles. The maximum absolute atomic E-state index is 3.34. The van der Waals surface area contributed by atoms with Crippen LogP contribution in [0, 0.1) is 18.1 Å². The third-order valence-corrected chi connectivity index (χ3v) is 1.96. The van der Waals surface area contributed by atoms with Gasteiger partial charge in [0.15, 0.2) is 0 Å². The van der Waals surface area contributed by atoms with E-state index >= 15 is 0 Å². The van der Waals surface area contributed by atoms with E-state index in [-0.39, 0.29) is 24.8 Å². The van der Waals surface area contributed by atoms with Gasteiger partial charge in [0, 0.05) is 0 Å². The van der Waals surface area contributed by atoms with Crippen molar-refractivity contribution >= 4 is 29.0 Å². The quantitative estimate of drug-likeness (QED) is 0.567. The molecule has 1 atom stereocenters. The molecule has 0 aromatic heterocycles. The summed E-state index contributed by atoms with van der Waals surface area (Å²) >= 11 is 1.30. The molecule has 17 heavy (non-hydrogen) atoms. The van der Waals surface area contributed by atoms with Crippen LogP contribution in [0.25, 0.3) is 0 Å². The van der Waals surface area contributed by atoms with Gasteiger partial charge in [-0.1, -0.05) is 26.7 Å². The van der Waals surface area contributed by atoms with E-state index in [1.807, 2.05) is 0 Å². The fourth-order valence-electron chi connectivity index (χ4n) is 1.26. The standard InChI is InChI=1S/C7H9.C6H7.CH2.2ClH.Zr/c1-6-3-4-7(2)5-6;1-6-4-2-3-5-6;;;;/h3-4,6H,1-2H3;2,4H,3H2,1H3;1H2;2*1H;/q2*-1;;;;+2. The molecule has 2 aliphatic rings. The second kappa shape index (κ2) is 14.4. The van der Waals surface area contributed by atoms with Crippen LogP contribution in [0.15, 0.2) is 35.5 Å². The van der Waals surface area contributed by atoms with Crippen molar-refractivity contribution in [1.82, 2.24) is 0 Å². The number of allylic oxidation sites excluding steroid dienone is 8. The predicted molar refractivity (Wildman–Crippen MR) is 78.5 cm³/mol. The van der Waals surface area contributed by atoms with Gasteiger partial charge in [-0.2, -0.15) is 12.2 Å². The molecule has 0 N–H and O–H groups in total. The molecule has 0 saturated carbocycles. The summed E-state index contributed by atoms with van der Waals surface area (Å²) in [7, 11) is 0. The van der Waals surface area contributed by atoms with Crippen molar-refractivity contribution in [3.63, 3.8) is 0 Å². The Balaban J connectivity index is -0.000000184. The van der Waals surface area contributed by atoms with Gasteiger partial charge < -0.3 is 0 Å². The van der Waals surface area contributed by atoms with Crippen LogP contribution in [0.3, 0.4) is 0 Å². The summed E-state index contributed by atoms with van der Waals surface area (Å²) in [6, 6.07) is 0. The van der Waals surface area contributed by atoms with Crippen molar-refractivity contribution in [3.05, 3.63) is 47.6 Å². The van der Waals surface area contributed by atoms with Crippen LogP contribution in [0.5, 0.6) is 0 Å². The van der Waals surface area contributed by atoms with E-state index in [4.69, 9.17) is 0 Å². The minimum atomic E-state index is 0. The van der Waals surface area contributed by atoms with Gasteiger partial charge in [0.05, 0.1) is 0 Å². The van der Waals surface area contributed by atoms with Gasteiger partial charge in [-0.05, 0) is 0 Å². The Bertz CT molecular complexity index is 299. The molecule has 0 fully saturated rings. The van der Waals surface area contributed by atoms with Gasteiger partial charge >= 0.3 is 28.4 Å². The fraction of sp³-hybridized carbons (Fsp3) is 0.357. The molecule has 0 heterocycles. The monoisotopic (exact) mass is 348 g/mol. The fourth-order valence-corrected chi connectivity index (χ4v) is 1.26. The third-order valence-electron chi connectivity index (χ3n) is 1.96. The molecule has 0 aromatic carbocycles. The van der Waals surface area contributed by atoms with Crippen molar-refractivity contribution in [2.24, 2.45) is 5.92 Å². The zero-order valence-corrected chi connectivity index (χ0v) is 14.7. The van der Waals surface area contributed by atoms with Crippen LogP contribution in [-0.2, 0) is 24.2 Å². The molecule has 2 aliphatic carbocycles. The zero-order chi connectivity index (χ0) is 11.7. The maximum atomic E-state index is 3.34. The van der Waals surface area contributed by atoms with Crippen LogP contribution < -0.4 is 0 Å². The second-order valence-corrected chi connectivity index (χ2v) is 3.44. The van der Waals surface area contributed by atoms with Crippen molar-refractivity contribution < 1.29 is 24.2 Å². The predicted octanol–water partition coefficient (Wildman–Crippen LogP) is 4.45. The van der Waals surface area contributed by atoms with Crippen molar-refractivity contribution in [1.29, 1.82) is 0 Å². The van der Waals surface area contributed by atoms with Crippen LogP contribution >= 0.6 is 24.8 Å². The van der Waals surface area contributed by atoms with Gasteiger partial charge in [-0.15, -0.1) is 31.2 Å². The molecule has 94 valence electrons. The van der Waals surface area contributed by atoms with Crippen molar-refractivity contribution in [2.75, 3.05) is 0 Å². The van der Waals surface area contributed by atoms with E-state index in [9.17, 15) is 0 Å². The summed E-state index contributed by atoms with van der Waals surface area (Å²) in [5.41, 5.74) is 2.54. The molecular formula is C14H20Cl2Zr. The number of halogens is 2. The average molecular weight is 350 g/mol. The van der Waals surface area contributed by atoms with E-state index < -0.39 is 0 Å². The van der Waals surface area contributed by atoms with Gasteiger partial charge in [0.1, 0.15) is 0 Å². The molecule has 0 bridgehead atoms. The summed E-state index contributed by atoms with van der Waals surface area (Å²) in [5.74, 6) is 0.556. The normalized spacial score (nSPS) is 18.5. The summed E-state index contributed by atoms with van der Waals surface area (Å²) < 4.78 is 3.34. The van der Waals surface area contributed by atoms with E-state index in [1.165, 1.54) is 35.4 Å². The Kier molecular flexibility index (Phi) is 19.0. The minimum absolute atomic E-state index is 0. The summed E-state index contributed by atoms with van der Waals surface area (Å²) in [6.07, 6.45) is 15.8. The molecule has 2 rings (SSSR count). The Hall–Kier alpha value is 0.293. The molecule has 0 spiro atoms. The Labute approximate surface area is 133 Å². The van der Waals surface area contributed by atoms with Gasteiger partial charge in [0.2, 0.25) is 0 Å². The van der Waals surface area contributed by atoms with Gasteiger partial charge in [0.25, 0.3) is 0 Å². The first-order valence-electron chi connectivity index (χ1n) is 5.06. The molecule has 1 unspecified atom stereocenters. The summed E-state index contributed by atoms with van der Waals surface area (Å²) in [5, 5.41) is 0. The first kappa shape index (κ1) is 22.5. The van der Waals surface area contributed by atoms with Gasteiger partial charge in [-0.3, -0.25) is 12.2 Å². The molecule has 0 nitrogen and oxygen atoms in total. The van der Waals surface area contributed by atoms with Crippen LogP contribution in [-0.4, -0.2) is 4.21 Å². The van der Waals surface area contributed by atoms with E-state index in [2.05, 4.69) is 61.4 Å². The summed E-state index contributed by atoms with van der Waals surface area (Å²) in [4.78, 5) is 0. The number of hydrogen-bond acceptors (Lipinski definition) is 0. The average Bonchev–Trinajstić information content (AvgIpc) is 2.82. The Morgan fingerprint density at radius 2 is 1.76 bits per heavy atom. The van der Waals surface area contributed by atoms with Gasteiger partial charge in [-0.25, -0.2) is 23.3 Å². The van der Waals surface area contributed by atoms with Crippen molar-refractivity contribution in [2.45, 2.75) is 27.2 Å². The molecule has 0 amide bonds. The Morgan fingerprint density at radius 1 is 1.18 bits per heavy atom. The molecule has 0 radical (unpaired) electrons. The first-order chi connectivity index (χ1) is 7.18. The zero-order valence-electron chi connectivity index (χ0n) is 10.6. The molecular weight excluding hydrogens is 330 g/mol. The number of rotatable bonds is 0. The third kappa shape index (κ3) is 12.5. The van der Waals surface area contributed by atoms with Crippen LogP contribution in [0.4, 0.5) is 0 Å². The van der Waals surface area contributed by atoms with E-state index in [0.717, 1.165) is 6.42 Å².